The Morgan fingerprint density at radius 2 is 1.32 bits per heavy atom. The van der Waals surface area contributed by atoms with Crippen LogP contribution in [0.25, 0.3) is 22.3 Å². The van der Waals surface area contributed by atoms with E-state index < -0.39 is 11.6 Å². The van der Waals surface area contributed by atoms with Crippen LogP contribution in [0.3, 0.4) is 0 Å². The number of benzene rings is 3. The van der Waals surface area contributed by atoms with E-state index in [0.29, 0.717) is 12.2 Å². The van der Waals surface area contributed by atoms with Crippen molar-refractivity contribution in [2.45, 2.75) is 39.7 Å². The van der Waals surface area contributed by atoms with Crippen molar-refractivity contribution in [1.82, 2.24) is 0 Å². The highest BCUT2D eigenvalue weighted by molar-refractivity contribution is 5.71. The lowest BCUT2D eigenvalue weighted by atomic mass is 9.98. The van der Waals surface area contributed by atoms with E-state index in [2.05, 4.69) is 31.2 Å². The zero-order valence-corrected chi connectivity index (χ0v) is 16.5. The predicted octanol–water partition coefficient (Wildman–Crippen LogP) is 7.31. The highest BCUT2D eigenvalue weighted by atomic mass is 19.2. The minimum Gasteiger partial charge on any atom is -0.377 e. The Balaban J connectivity index is 1.74. The molecular formula is C25H26F2O. The largest absolute Gasteiger partial charge is 0.377 e. The van der Waals surface area contributed by atoms with Gasteiger partial charge in [-0.1, -0.05) is 86.0 Å². The summed E-state index contributed by atoms with van der Waals surface area (Å²) in [5, 5.41) is 0. The van der Waals surface area contributed by atoms with Crippen molar-refractivity contribution in [3.05, 3.63) is 83.4 Å². The highest BCUT2D eigenvalue weighted by Crippen LogP contribution is 2.29. The van der Waals surface area contributed by atoms with Gasteiger partial charge in [-0.15, -0.1) is 0 Å². The molecule has 0 heterocycles. The molecule has 0 saturated carbocycles. The first kappa shape index (κ1) is 20.2. The van der Waals surface area contributed by atoms with Gasteiger partial charge in [0.1, 0.15) is 0 Å². The average Bonchev–Trinajstić information content (AvgIpc) is 2.72. The highest BCUT2D eigenvalue weighted by Gasteiger charge is 2.15. The number of hydrogen-bond acceptors (Lipinski definition) is 1. The van der Waals surface area contributed by atoms with Crippen LogP contribution in [0.4, 0.5) is 8.78 Å². The summed E-state index contributed by atoms with van der Waals surface area (Å²) >= 11 is 0. The summed E-state index contributed by atoms with van der Waals surface area (Å²) in [5.41, 5.74) is 4.52. The summed E-state index contributed by atoms with van der Waals surface area (Å²) in [6.45, 7) is 4.82. The van der Waals surface area contributed by atoms with Gasteiger partial charge in [-0.05, 0) is 30.0 Å². The lowest BCUT2D eigenvalue weighted by Crippen LogP contribution is -2.01. The van der Waals surface area contributed by atoms with E-state index in [9.17, 15) is 8.78 Å². The minimum atomic E-state index is -0.824. The lowest BCUT2D eigenvalue weighted by Gasteiger charge is -2.10. The molecule has 3 heteroatoms. The molecule has 3 aromatic rings. The first-order valence-corrected chi connectivity index (χ1v) is 9.82. The number of hydrogen-bond donors (Lipinski definition) is 0. The van der Waals surface area contributed by atoms with Gasteiger partial charge in [0.15, 0.2) is 11.6 Å². The maximum absolute atomic E-state index is 14.6. The second-order valence-electron chi connectivity index (χ2n) is 7.10. The van der Waals surface area contributed by atoms with E-state index in [1.54, 1.807) is 12.1 Å². The second kappa shape index (κ2) is 9.61. The average molecular weight is 380 g/mol. The summed E-state index contributed by atoms with van der Waals surface area (Å²) in [6.07, 6.45) is 3.12. The fraction of sp³-hybridized carbons (Fsp3) is 0.280. The zero-order chi connectivity index (χ0) is 19.9. The van der Waals surface area contributed by atoms with Crippen LogP contribution in [0.1, 0.15) is 37.3 Å². The maximum atomic E-state index is 14.6. The Kier molecular flexibility index (Phi) is 6.94. The Morgan fingerprint density at radius 3 is 1.96 bits per heavy atom. The predicted molar refractivity (Wildman–Crippen MR) is 111 cm³/mol. The smallest absolute Gasteiger partial charge is 0.167 e. The van der Waals surface area contributed by atoms with Crippen LogP contribution in [0, 0.1) is 18.6 Å². The normalized spacial score (nSPS) is 11.0. The molecule has 28 heavy (non-hydrogen) atoms. The number of aryl methyl sites for hydroxylation is 1. The lowest BCUT2D eigenvalue weighted by molar-refractivity contribution is 0.114. The van der Waals surface area contributed by atoms with Crippen molar-refractivity contribution in [2.24, 2.45) is 0 Å². The zero-order valence-electron chi connectivity index (χ0n) is 16.5. The Morgan fingerprint density at radius 1 is 0.714 bits per heavy atom. The van der Waals surface area contributed by atoms with Crippen molar-refractivity contribution < 1.29 is 13.5 Å². The van der Waals surface area contributed by atoms with Gasteiger partial charge in [0.25, 0.3) is 0 Å². The van der Waals surface area contributed by atoms with Crippen LogP contribution in [0.2, 0.25) is 0 Å². The van der Waals surface area contributed by atoms with Crippen LogP contribution in [0.5, 0.6) is 0 Å². The maximum Gasteiger partial charge on any atom is 0.167 e. The summed E-state index contributed by atoms with van der Waals surface area (Å²) in [4.78, 5) is 0. The molecule has 0 aliphatic heterocycles. The van der Waals surface area contributed by atoms with Gasteiger partial charge in [-0.2, -0.15) is 0 Å². The van der Waals surface area contributed by atoms with E-state index in [1.165, 1.54) is 5.56 Å². The van der Waals surface area contributed by atoms with Crippen LogP contribution >= 0.6 is 0 Å². The van der Waals surface area contributed by atoms with Gasteiger partial charge < -0.3 is 4.74 Å². The van der Waals surface area contributed by atoms with E-state index in [-0.39, 0.29) is 17.7 Å². The van der Waals surface area contributed by atoms with Crippen LogP contribution in [-0.4, -0.2) is 6.61 Å². The fourth-order valence-corrected chi connectivity index (χ4v) is 3.15. The number of unbranched alkanes of at least 4 members (excludes halogenated alkanes) is 2. The van der Waals surface area contributed by atoms with Crippen molar-refractivity contribution in [3.8, 4) is 22.3 Å². The summed E-state index contributed by atoms with van der Waals surface area (Å²) < 4.78 is 34.5. The molecule has 0 radical (unpaired) electrons. The Hall–Kier alpha value is -2.52. The molecule has 0 aromatic heterocycles. The SMILES string of the molecule is CCCCCOCc1ccc(-c2ccc(-c3ccc(C)cc3)cc2)c(F)c1F. The molecule has 3 aromatic carbocycles. The van der Waals surface area contributed by atoms with E-state index in [4.69, 9.17) is 4.74 Å². The number of rotatable bonds is 8. The molecule has 0 saturated heterocycles. The topological polar surface area (TPSA) is 9.23 Å². The standard InChI is InChI=1S/C25H26F2O/c1-3-4-5-16-28-17-22-14-15-23(25(27)24(22)26)21-12-10-20(11-13-21)19-8-6-18(2)7-9-19/h6-15H,3-5,16-17H2,1-2H3. The van der Waals surface area contributed by atoms with E-state index >= 15 is 0 Å². The third-order valence-electron chi connectivity index (χ3n) is 4.89. The monoisotopic (exact) mass is 380 g/mol. The molecule has 0 aliphatic carbocycles. The molecule has 3 rings (SSSR count). The third-order valence-corrected chi connectivity index (χ3v) is 4.89. The molecular weight excluding hydrogens is 354 g/mol. The summed E-state index contributed by atoms with van der Waals surface area (Å²) in [5.74, 6) is -1.65. The minimum absolute atomic E-state index is 0.0963. The van der Waals surface area contributed by atoms with Gasteiger partial charge in [0.05, 0.1) is 6.61 Å². The molecule has 0 atom stereocenters. The van der Waals surface area contributed by atoms with Crippen molar-refractivity contribution in [1.29, 1.82) is 0 Å². The second-order valence-corrected chi connectivity index (χ2v) is 7.10. The number of ether oxygens (including phenoxy) is 1. The summed E-state index contributed by atoms with van der Waals surface area (Å²) in [7, 11) is 0. The third kappa shape index (κ3) is 4.85. The Bertz CT molecular complexity index is 899. The molecule has 0 spiro atoms. The molecule has 1 nitrogen and oxygen atoms in total. The molecule has 0 N–H and O–H groups in total. The molecule has 0 amide bonds. The summed E-state index contributed by atoms with van der Waals surface area (Å²) in [6, 6.07) is 19.0. The van der Waals surface area contributed by atoms with Gasteiger partial charge in [-0.3, -0.25) is 0 Å². The molecule has 146 valence electrons. The van der Waals surface area contributed by atoms with Crippen LogP contribution in [0.15, 0.2) is 60.7 Å². The van der Waals surface area contributed by atoms with Crippen molar-refractivity contribution >= 4 is 0 Å². The molecule has 0 aliphatic rings. The van der Waals surface area contributed by atoms with Crippen LogP contribution < -0.4 is 0 Å². The van der Waals surface area contributed by atoms with Crippen molar-refractivity contribution in [2.75, 3.05) is 6.61 Å². The van der Waals surface area contributed by atoms with Gasteiger partial charge in [0, 0.05) is 17.7 Å². The van der Waals surface area contributed by atoms with E-state index in [1.807, 2.05) is 31.2 Å². The van der Waals surface area contributed by atoms with Crippen molar-refractivity contribution in [3.63, 3.8) is 0 Å². The van der Waals surface area contributed by atoms with E-state index in [0.717, 1.165) is 30.4 Å². The number of halogens is 2. The quantitative estimate of drug-likeness (QED) is 0.372. The molecule has 0 fully saturated rings. The Labute approximate surface area is 166 Å². The van der Waals surface area contributed by atoms with Gasteiger partial charge in [0.2, 0.25) is 0 Å². The van der Waals surface area contributed by atoms with Gasteiger partial charge in [-0.25, -0.2) is 8.78 Å². The fourth-order valence-electron chi connectivity index (χ4n) is 3.15. The van der Waals surface area contributed by atoms with Crippen LogP contribution in [-0.2, 0) is 11.3 Å². The van der Waals surface area contributed by atoms with Gasteiger partial charge >= 0.3 is 0 Å². The first-order valence-electron chi connectivity index (χ1n) is 9.82. The first-order chi connectivity index (χ1) is 13.6. The molecule has 0 unspecified atom stereocenters. The molecule has 0 bridgehead atoms.